The largest absolute Gasteiger partial charge is 0.444 e. The Bertz CT molecular complexity index is 1330. The molecule has 1 aliphatic carbocycles. The van der Waals surface area contributed by atoms with Crippen LogP contribution in [0.4, 0.5) is 17.1 Å². The fraction of sp³-hybridized carbons (Fsp3) is 0.200. The second kappa shape index (κ2) is 9.15. The molecule has 5 rings (SSSR count). The van der Waals surface area contributed by atoms with Gasteiger partial charge in [-0.25, -0.2) is 0 Å². The summed E-state index contributed by atoms with van der Waals surface area (Å²) in [4.78, 5) is 15.1. The fourth-order valence-corrected chi connectivity index (χ4v) is 4.84. The molecule has 0 aromatic heterocycles. The van der Waals surface area contributed by atoms with Gasteiger partial charge in [0.25, 0.3) is 0 Å². The summed E-state index contributed by atoms with van der Waals surface area (Å²) in [6.07, 6.45) is 1.86. The third-order valence-electron chi connectivity index (χ3n) is 6.67. The third-order valence-corrected chi connectivity index (χ3v) is 6.67. The van der Waals surface area contributed by atoms with Gasteiger partial charge in [-0.05, 0) is 62.2 Å². The number of anilines is 3. The summed E-state index contributed by atoms with van der Waals surface area (Å²) >= 11 is 0. The zero-order valence-corrected chi connectivity index (χ0v) is 19.9. The molecule has 174 valence electrons. The molecule has 0 bridgehead atoms. The number of ketones is 1. The average Bonchev–Trinajstić information content (AvgIpc) is 2.86. The van der Waals surface area contributed by atoms with Gasteiger partial charge in [-0.1, -0.05) is 47.5 Å². The molecule has 0 saturated heterocycles. The molecule has 0 amide bonds. The molecule has 1 aliphatic heterocycles. The summed E-state index contributed by atoms with van der Waals surface area (Å²) in [6.45, 7) is 4.15. The number of nitriles is 1. The first-order valence-electron chi connectivity index (χ1n) is 11.8. The summed E-state index contributed by atoms with van der Waals surface area (Å²) in [5.74, 6) is 0.225. The molecule has 1 atom stereocenters. The molecule has 0 fully saturated rings. The Morgan fingerprint density at radius 3 is 1.89 bits per heavy atom. The molecule has 35 heavy (non-hydrogen) atoms. The van der Waals surface area contributed by atoms with Gasteiger partial charge in [-0.3, -0.25) is 4.79 Å². The molecular weight excluding hydrogens is 434 g/mol. The second-order valence-electron chi connectivity index (χ2n) is 9.14. The molecule has 0 spiro atoms. The SMILES string of the molecule is Cc1ccc(N(c2ccc(C)cc2)c2ccc(C3C(C#N)=C(N)OC4=C3C(=O)CCC4)cc2)cc1. The number of ether oxygens (including phenoxy) is 1. The van der Waals surface area contributed by atoms with Crippen molar-refractivity contribution in [2.75, 3.05) is 4.90 Å². The Balaban J connectivity index is 1.58. The van der Waals surface area contributed by atoms with E-state index in [0.717, 1.165) is 29.0 Å². The van der Waals surface area contributed by atoms with Crippen molar-refractivity contribution < 1.29 is 9.53 Å². The van der Waals surface area contributed by atoms with Gasteiger partial charge in [0.05, 0.1) is 5.92 Å². The molecule has 3 aromatic carbocycles. The van der Waals surface area contributed by atoms with E-state index in [0.29, 0.717) is 29.7 Å². The predicted octanol–water partition coefficient (Wildman–Crippen LogP) is 6.59. The van der Waals surface area contributed by atoms with Crippen LogP contribution in [0.2, 0.25) is 0 Å². The monoisotopic (exact) mass is 461 g/mol. The lowest BCUT2D eigenvalue weighted by Gasteiger charge is -2.31. The van der Waals surface area contributed by atoms with Crippen LogP contribution in [0.25, 0.3) is 0 Å². The van der Waals surface area contributed by atoms with E-state index in [4.69, 9.17) is 10.5 Å². The van der Waals surface area contributed by atoms with Crippen LogP contribution in [0.1, 0.15) is 41.9 Å². The normalized spacial score (nSPS) is 17.5. The third kappa shape index (κ3) is 4.20. The van der Waals surface area contributed by atoms with Crippen LogP contribution in [0.5, 0.6) is 0 Å². The van der Waals surface area contributed by atoms with Gasteiger partial charge < -0.3 is 15.4 Å². The molecule has 0 radical (unpaired) electrons. The fourth-order valence-electron chi connectivity index (χ4n) is 4.84. The summed E-state index contributed by atoms with van der Waals surface area (Å²) in [5.41, 5.74) is 13.3. The minimum atomic E-state index is -0.502. The Morgan fingerprint density at radius 2 is 1.37 bits per heavy atom. The van der Waals surface area contributed by atoms with Crippen LogP contribution in [-0.4, -0.2) is 5.78 Å². The smallest absolute Gasteiger partial charge is 0.205 e. The number of nitrogens with two attached hydrogens (primary N) is 1. The second-order valence-corrected chi connectivity index (χ2v) is 9.14. The maximum atomic E-state index is 12.9. The van der Waals surface area contributed by atoms with Gasteiger partial charge in [0.15, 0.2) is 5.78 Å². The van der Waals surface area contributed by atoms with Gasteiger partial charge in [0.1, 0.15) is 17.4 Å². The predicted molar refractivity (Wildman–Crippen MR) is 137 cm³/mol. The van der Waals surface area contributed by atoms with Crippen molar-refractivity contribution in [3.05, 3.63) is 112 Å². The zero-order chi connectivity index (χ0) is 24.5. The standard InChI is InChI=1S/C30H27N3O2/c1-19-6-12-22(13-7-19)33(23-14-8-20(2)9-15-23)24-16-10-21(11-17-24)28-25(18-31)30(32)35-27-5-3-4-26(34)29(27)28/h6-17,28H,3-5,32H2,1-2H3. The maximum absolute atomic E-state index is 12.9. The summed E-state index contributed by atoms with van der Waals surface area (Å²) < 4.78 is 5.70. The first-order chi connectivity index (χ1) is 17.0. The van der Waals surface area contributed by atoms with Crippen LogP contribution >= 0.6 is 0 Å². The van der Waals surface area contributed by atoms with E-state index in [-0.39, 0.29) is 11.7 Å². The van der Waals surface area contributed by atoms with E-state index < -0.39 is 5.92 Å². The Morgan fingerprint density at radius 1 is 0.857 bits per heavy atom. The number of Topliss-reactive ketones (excluding diaryl/α,β-unsaturated/α-hetero) is 1. The van der Waals surface area contributed by atoms with Crippen molar-refractivity contribution in [2.45, 2.75) is 39.0 Å². The van der Waals surface area contributed by atoms with Crippen molar-refractivity contribution in [1.29, 1.82) is 5.26 Å². The number of carbonyl (C=O) groups excluding carboxylic acids is 1. The molecular formula is C30H27N3O2. The first kappa shape index (κ1) is 22.5. The molecule has 2 aliphatic rings. The van der Waals surface area contributed by atoms with E-state index in [1.807, 2.05) is 24.3 Å². The number of benzene rings is 3. The van der Waals surface area contributed by atoms with E-state index in [9.17, 15) is 10.1 Å². The van der Waals surface area contributed by atoms with Crippen LogP contribution in [-0.2, 0) is 9.53 Å². The molecule has 0 saturated carbocycles. The van der Waals surface area contributed by atoms with Crippen molar-refractivity contribution in [1.82, 2.24) is 0 Å². The number of rotatable bonds is 4. The highest BCUT2D eigenvalue weighted by Crippen LogP contribution is 2.44. The molecule has 1 unspecified atom stereocenters. The van der Waals surface area contributed by atoms with E-state index >= 15 is 0 Å². The molecule has 2 N–H and O–H groups in total. The number of nitrogens with zero attached hydrogens (tertiary/aromatic N) is 2. The van der Waals surface area contributed by atoms with Gasteiger partial charge in [-0.2, -0.15) is 5.26 Å². The van der Waals surface area contributed by atoms with Crippen molar-refractivity contribution in [3.63, 3.8) is 0 Å². The van der Waals surface area contributed by atoms with Crippen molar-refractivity contribution in [2.24, 2.45) is 5.73 Å². The molecule has 3 aromatic rings. The lowest BCUT2D eigenvalue weighted by Crippen LogP contribution is -2.27. The Labute approximate surface area is 205 Å². The number of hydrogen-bond donors (Lipinski definition) is 1. The lowest BCUT2D eigenvalue weighted by molar-refractivity contribution is -0.116. The summed E-state index contributed by atoms with van der Waals surface area (Å²) in [5, 5.41) is 9.84. The number of aryl methyl sites for hydroxylation is 2. The zero-order valence-electron chi connectivity index (χ0n) is 19.9. The number of hydrogen-bond acceptors (Lipinski definition) is 5. The minimum absolute atomic E-state index is 0.0292. The van der Waals surface area contributed by atoms with Crippen LogP contribution in [0.3, 0.4) is 0 Å². The topological polar surface area (TPSA) is 79.3 Å². The summed E-state index contributed by atoms with van der Waals surface area (Å²) in [6, 6.07) is 27.0. The first-order valence-corrected chi connectivity index (χ1v) is 11.8. The van der Waals surface area contributed by atoms with Gasteiger partial charge in [-0.15, -0.1) is 0 Å². The highest BCUT2D eigenvalue weighted by molar-refractivity contribution is 5.99. The highest BCUT2D eigenvalue weighted by Gasteiger charge is 2.38. The van der Waals surface area contributed by atoms with E-state index in [1.165, 1.54) is 11.1 Å². The maximum Gasteiger partial charge on any atom is 0.205 e. The average molecular weight is 462 g/mol. The van der Waals surface area contributed by atoms with Crippen LogP contribution < -0.4 is 10.6 Å². The Kier molecular flexibility index (Phi) is 5.88. The molecule has 5 nitrogen and oxygen atoms in total. The quantitative estimate of drug-likeness (QED) is 0.474. The van der Waals surface area contributed by atoms with Crippen LogP contribution in [0, 0.1) is 25.2 Å². The van der Waals surface area contributed by atoms with Gasteiger partial charge in [0, 0.05) is 35.5 Å². The van der Waals surface area contributed by atoms with Gasteiger partial charge in [0.2, 0.25) is 5.88 Å². The Hall–Kier alpha value is -4.30. The van der Waals surface area contributed by atoms with Crippen LogP contribution in [0.15, 0.2) is 95.6 Å². The number of carbonyl (C=O) groups is 1. The lowest BCUT2D eigenvalue weighted by atomic mass is 9.77. The molecule has 5 heteroatoms. The van der Waals surface area contributed by atoms with Crippen molar-refractivity contribution in [3.8, 4) is 6.07 Å². The van der Waals surface area contributed by atoms with E-state index in [2.05, 4.69) is 73.3 Å². The van der Waals surface area contributed by atoms with E-state index in [1.54, 1.807) is 0 Å². The minimum Gasteiger partial charge on any atom is -0.444 e. The summed E-state index contributed by atoms with van der Waals surface area (Å²) in [7, 11) is 0. The van der Waals surface area contributed by atoms with Crippen molar-refractivity contribution >= 4 is 22.8 Å². The number of allylic oxidation sites excluding steroid dienone is 3. The molecule has 1 heterocycles. The van der Waals surface area contributed by atoms with Gasteiger partial charge >= 0.3 is 0 Å². The highest BCUT2D eigenvalue weighted by atomic mass is 16.5.